The van der Waals surface area contributed by atoms with Gasteiger partial charge in [-0.25, -0.2) is 0 Å². The normalized spacial score (nSPS) is 12.7. The molecule has 3 heteroatoms. The summed E-state index contributed by atoms with van der Waals surface area (Å²) in [5, 5.41) is 3.56. The van der Waals surface area contributed by atoms with Crippen LogP contribution in [0.1, 0.15) is 31.9 Å². The lowest BCUT2D eigenvalue weighted by atomic mass is 10.1. The van der Waals surface area contributed by atoms with Gasteiger partial charge in [0.15, 0.2) is 0 Å². The van der Waals surface area contributed by atoms with Crippen molar-refractivity contribution in [1.29, 1.82) is 0 Å². The van der Waals surface area contributed by atoms with Gasteiger partial charge in [0.2, 0.25) is 0 Å². The highest BCUT2D eigenvalue weighted by atomic mass is 32.2. The van der Waals surface area contributed by atoms with Gasteiger partial charge in [0.25, 0.3) is 0 Å². The number of hydrogen-bond donors (Lipinski definition) is 1. The van der Waals surface area contributed by atoms with Crippen LogP contribution in [0.5, 0.6) is 0 Å². The Balaban J connectivity index is 2.55. The Labute approximate surface area is 96.9 Å². The van der Waals surface area contributed by atoms with Crippen LogP contribution in [0.4, 0.5) is 0 Å². The number of rotatable bonds is 7. The molecule has 1 N–H and O–H groups in total. The fourth-order valence-corrected chi connectivity index (χ4v) is 2.19. The van der Waals surface area contributed by atoms with Crippen molar-refractivity contribution < 1.29 is 0 Å². The standard InChI is InChI=1S/C12H20N2S/c1-3-7-14-12(10-15-4-2)11-6-5-8-13-9-11/h5-6,8-9,12,14H,3-4,7,10H2,1-2H3. The Kier molecular flexibility index (Phi) is 6.44. The van der Waals surface area contributed by atoms with Crippen LogP contribution in [0, 0.1) is 0 Å². The Morgan fingerprint density at radius 3 is 2.93 bits per heavy atom. The summed E-state index contributed by atoms with van der Waals surface area (Å²) in [6.45, 7) is 5.47. The molecule has 0 aliphatic rings. The molecule has 2 nitrogen and oxygen atoms in total. The van der Waals surface area contributed by atoms with Gasteiger partial charge in [-0.1, -0.05) is 19.9 Å². The molecule has 1 rings (SSSR count). The topological polar surface area (TPSA) is 24.9 Å². The summed E-state index contributed by atoms with van der Waals surface area (Å²) >= 11 is 1.97. The third-order valence-electron chi connectivity index (χ3n) is 2.22. The molecule has 1 aromatic rings. The third kappa shape index (κ3) is 4.67. The number of hydrogen-bond acceptors (Lipinski definition) is 3. The molecular weight excluding hydrogens is 204 g/mol. The summed E-state index contributed by atoms with van der Waals surface area (Å²) in [6, 6.07) is 4.60. The van der Waals surface area contributed by atoms with E-state index in [9.17, 15) is 0 Å². The maximum absolute atomic E-state index is 4.17. The summed E-state index contributed by atoms with van der Waals surface area (Å²) in [5.74, 6) is 2.30. The molecule has 0 aliphatic carbocycles. The molecule has 1 aromatic heterocycles. The van der Waals surface area contributed by atoms with Crippen LogP contribution in [0.3, 0.4) is 0 Å². The van der Waals surface area contributed by atoms with Gasteiger partial charge in [0.1, 0.15) is 0 Å². The number of pyridine rings is 1. The van der Waals surface area contributed by atoms with Crippen LogP contribution in [-0.2, 0) is 0 Å². The lowest BCUT2D eigenvalue weighted by molar-refractivity contribution is 0.576. The molecule has 0 saturated heterocycles. The molecule has 0 amide bonds. The number of nitrogens with one attached hydrogen (secondary N) is 1. The van der Waals surface area contributed by atoms with E-state index in [-0.39, 0.29) is 0 Å². The monoisotopic (exact) mass is 224 g/mol. The van der Waals surface area contributed by atoms with Gasteiger partial charge < -0.3 is 5.32 Å². The molecule has 84 valence electrons. The first-order valence-electron chi connectivity index (χ1n) is 5.59. The van der Waals surface area contributed by atoms with E-state index in [4.69, 9.17) is 0 Å². The molecule has 0 fully saturated rings. The van der Waals surface area contributed by atoms with Crippen molar-refractivity contribution in [2.75, 3.05) is 18.1 Å². The molecule has 15 heavy (non-hydrogen) atoms. The van der Waals surface area contributed by atoms with Crippen molar-refractivity contribution in [1.82, 2.24) is 10.3 Å². The largest absolute Gasteiger partial charge is 0.309 e. The van der Waals surface area contributed by atoms with Gasteiger partial charge in [-0.15, -0.1) is 0 Å². The van der Waals surface area contributed by atoms with E-state index in [0.29, 0.717) is 6.04 Å². The molecule has 0 bridgehead atoms. The zero-order valence-corrected chi connectivity index (χ0v) is 10.4. The average Bonchev–Trinajstić information content (AvgIpc) is 2.30. The summed E-state index contributed by atoms with van der Waals surface area (Å²) in [4.78, 5) is 4.17. The molecule has 1 unspecified atom stereocenters. The first-order chi connectivity index (χ1) is 7.38. The second-order valence-electron chi connectivity index (χ2n) is 3.45. The Bertz CT molecular complexity index is 243. The molecule has 0 spiro atoms. The number of aromatic nitrogens is 1. The van der Waals surface area contributed by atoms with Gasteiger partial charge in [-0.2, -0.15) is 11.8 Å². The van der Waals surface area contributed by atoms with Crippen molar-refractivity contribution in [2.24, 2.45) is 0 Å². The summed E-state index contributed by atoms with van der Waals surface area (Å²) in [6.07, 6.45) is 4.96. The lowest BCUT2D eigenvalue weighted by Gasteiger charge is -2.17. The molecule has 0 aliphatic heterocycles. The second kappa shape index (κ2) is 7.71. The van der Waals surface area contributed by atoms with Crippen molar-refractivity contribution in [3.05, 3.63) is 30.1 Å². The van der Waals surface area contributed by atoms with E-state index in [1.807, 2.05) is 30.2 Å². The van der Waals surface area contributed by atoms with Crippen LogP contribution in [0.25, 0.3) is 0 Å². The SMILES string of the molecule is CCCNC(CSCC)c1cccnc1. The van der Waals surface area contributed by atoms with Crippen LogP contribution >= 0.6 is 11.8 Å². The zero-order chi connectivity index (χ0) is 10.9. The van der Waals surface area contributed by atoms with Crippen LogP contribution < -0.4 is 5.32 Å². The van der Waals surface area contributed by atoms with Crippen LogP contribution in [0.15, 0.2) is 24.5 Å². The van der Waals surface area contributed by atoms with Gasteiger partial charge in [-0.3, -0.25) is 4.98 Å². The minimum atomic E-state index is 0.448. The molecule has 0 aromatic carbocycles. The number of nitrogens with zero attached hydrogens (tertiary/aromatic N) is 1. The van der Waals surface area contributed by atoms with Gasteiger partial charge in [-0.05, 0) is 30.3 Å². The quantitative estimate of drug-likeness (QED) is 0.771. The Hall–Kier alpha value is -0.540. The fraction of sp³-hybridized carbons (Fsp3) is 0.583. The predicted octanol–water partition coefficient (Wildman–Crippen LogP) is 2.88. The molecule has 1 atom stereocenters. The van der Waals surface area contributed by atoms with Crippen LogP contribution in [0.2, 0.25) is 0 Å². The summed E-state index contributed by atoms with van der Waals surface area (Å²) in [7, 11) is 0. The molecule has 1 heterocycles. The van der Waals surface area contributed by atoms with Crippen molar-refractivity contribution in [3.8, 4) is 0 Å². The van der Waals surface area contributed by atoms with Crippen molar-refractivity contribution >= 4 is 11.8 Å². The van der Waals surface area contributed by atoms with Gasteiger partial charge in [0, 0.05) is 24.2 Å². The summed E-state index contributed by atoms with van der Waals surface area (Å²) < 4.78 is 0. The molecule has 0 radical (unpaired) electrons. The molecular formula is C12H20N2S. The Morgan fingerprint density at radius 2 is 2.33 bits per heavy atom. The number of thioether (sulfide) groups is 1. The van der Waals surface area contributed by atoms with Crippen molar-refractivity contribution in [2.45, 2.75) is 26.3 Å². The van der Waals surface area contributed by atoms with E-state index in [0.717, 1.165) is 12.3 Å². The van der Waals surface area contributed by atoms with E-state index >= 15 is 0 Å². The first-order valence-corrected chi connectivity index (χ1v) is 6.75. The van der Waals surface area contributed by atoms with Crippen LogP contribution in [-0.4, -0.2) is 23.0 Å². The highest BCUT2D eigenvalue weighted by molar-refractivity contribution is 7.99. The summed E-state index contributed by atoms with van der Waals surface area (Å²) in [5.41, 5.74) is 1.30. The minimum Gasteiger partial charge on any atom is -0.309 e. The average molecular weight is 224 g/mol. The second-order valence-corrected chi connectivity index (χ2v) is 4.77. The fourth-order valence-electron chi connectivity index (χ4n) is 1.41. The molecule has 0 saturated carbocycles. The smallest absolute Gasteiger partial charge is 0.0427 e. The highest BCUT2D eigenvalue weighted by Gasteiger charge is 2.09. The third-order valence-corrected chi connectivity index (χ3v) is 3.19. The zero-order valence-electron chi connectivity index (χ0n) is 9.57. The van der Waals surface area contributed by atoms with Gasteiger partial charge >= 0.3 is 0 Å². The van der Waals surface area contributed by atoms with E-state index in [1.165, 1.54) is 17.7 Å². The lowest BCUT2D eigenvalue weighted by Crippen LogP contribution is -2.24. The van der Waals surface area contributed by atoms with Crippen molar-refractivity contribution in [3.63, 3.8) is 0 Å². The first kappa shape index (κ1) is 12.5. The van der Waals surface area contributed by atoms with E-state index < -0.39 is 0 Å². The van der Waals surface area contributed by atoms with E-state index in [1.54, 1.807) is 0 Å². The Morgan fingerprint density at radius 1 is 1.47 bits per heavy atom. The maximum Gasteiger partial charge on any atom is 0.0427 e. The minimum absolute atomic E-state index is 0.448. The van der Waals surface area contributed by atoms with Gasteiger partial charge in [0.05, 0.1) is 0 Å². The van der Waals surface area contributed by atoms with E-state index in [2.05, 4.69) is 30.2 Å². The highest BCUT2D eigenvalue weighted by Crippen LogP contribution is 2.17. The predicted molar refractivity (Wildman–Crippen MR) is 68.3 cm³/mol. The maximum atomic E-state index is 4.17.